The van der Waals surface area contributed by atoms with Crippen molar-refractivity contribution < 1.29 is 19.1 Å². The molecule has 0 radical (unpaired) electrons. The Hall–Kier alpha value is -2.86. The molecule has 0 atom stereocenters. The summed E-state index contributed by atoms with van der Waals surface area (Å²) in [7, 11) is 0. The predicted molar refractivity (Wildman–Crippen MR) is 108 cm³/mol. The number of hydrogen-bond acceptors (Lipinski definition) is 4. The molecule has 0 unspecified atom stereocenters. The van der Waals surface area contributed by atoms with Crippen LogP contribution < -0.4 is 10.1 Å². The van der Waals surface area contributed by atoms with E-state index in [9.17, 15) is 9.59 Å². The molecular formula is C22H26N2O4. The van der Waals surface area contributed by atoms with Gasteiger partial charge in [0.15, 0.2) is 0 Å². The molecule has 148 valence electrons. The smallest absolute Gasteiger partial charge is 0.259 e. The molecule has 0 saturated carbocycles. The summed E-state index contributed by atoms with van der Waals surface area (Å²) in [5, 5.41) is 2.86. The first-order valence-corrected chi connectivity index (χ1v) is 9.69. The Balaban J connectivity index is 1.62. The predicted octanol–water partition coefficient (Wildman–Crippen LogP) is 3.59. The Kier molecular flexibility index (Phi) is 7.03. The summed E-state index contributed by atoms with van der Waals surface area (Å²) < 4.78 is 10.9. The van der Waals surface area contributed by atoms with Gasteiger partial charge in [0.25, 0.3) is 11.8 Å². The molecule has 1 N–H and O–H groups in total. The van der Waals surface area contributed by atoms with Gasteiger partial charge in [0.2, 0.25) is 0 Å². The van der Waals surface area contributed by atoms with Gasteiger partial charge in [-0.3, -0.25) is 9.59 Å². The van der Waals surface area contributed by atoms with Crippen LogP contribution in [0.3, 0.4) is 0 Å². The molecule has 1 heterocycles. The van der Waals surface area contributed by atoms with Gasteiger partial charge in [0.1, 0.15) is 12.4 Å². The van der Waals surface area contributed by atoms with E-state index in [2.05, 4.69) is 5.32 Å². The van der Waals surface area contributed by atoms with Crippen LogP contribution in [-0.2, 0) is 4.74 Å². The molecule has 2 aromatic carbocycles. The molecular weight excluding hydrogens is 356 g/mol. The number of benzene rings is 2. The number of anilines is 1. The third-order valence-corrected chi connectivity index (χ3v) is 4.60. The topological polar surface area (TPSA) is 67.9 Å². The molecule has 1 saturated heterocycles. The number of nitrogens with one attached hydrogen (secondary N) is 1. The number of rotatable bonds is 8. The summed E-state index contributed by atoms with van der Waals surface area (Å²) in [6.45, 7) is 5.03. The third-order valence-electron chi connectivity index (χ3n) is 4.60. The summed E-state index contributed by atoms with van der Waals surface area (Å²) in [5.74, 6) is 0.301. The van der Waals surface area contributed by atoms with Crippen LogP contribution >= 0.6 is 0 Å². The molecule has 6 heteroatoms. The molecule has 0 bridgehead atoms. The van der Waals surface area contributed by atoms with Crippen LogP contribution in [-0.4, -0.2) is 49.6 Å². The van der Waals surface area contributed by atoms with Crippen molar-refractivity contribution in [2.24, 2.45) is 0 Å². The maximum absolute atomic E-state index is 12.7. The van der Waals surface area contributed by atoms with Crippen molar-refractivity contribution in [3.8, 4) is 5.75 Å². The van der Waals surface area contributed by atoms with Gasteiger partial charge in [0, 0.05) is 30.9 Å². The second-order valence-corrected chi connectivity index (χ2v) is 6.57. The van der Waals surface area contributed by atoms with Gasteiger partial charge in [-0.25, -0.2) is 0 Å². The van der Waals surface area contributed by atoms with Crippen LogP contribution in [0.1, 0.15) is 40.5 Å². The minimum atomic E-state index is -0.259. The van der Waals surface area contributed by atoms with E-state index in [-0.39, 0.29) is 11.8 Å². The average Bonchev–Trinajstić information content (AvgIpc) is 3.26. The van der Waals surface area contributed by atoms with Gasteiger partial charge < -0.3 is 19.7 Å². The zero-order valence-corrected chi connectivity index (χ0v) is 16.1. The molecule has 0 aromatic heterocycles. The third kappa shape index (κ3) is 5.10. The number of hydrogen-bond donors (Lipinski definition) is 1. The quantitative estimate of drug-likeness (QED) is 0.709. The minimum Gasteiger partial charge on any atom is -0.490 e. The van der Waals surface area contributed by atoms with Crippen molar-refractivity contribution in [1.29, 1.82) is 0 Å². The lowest BCUT2D eigenvalue weighted by atomic mass is 10.1. The number of ether oxygens (including phenoxy) is 2. The van der Waals surface area contributed by atoms with E-state index in [1.807, 2.05) is 17.9 Å². The molecule has 2 amide bonds. The van der Waals surface area contributed by atoms with E-state index in [1.165, 1.54) is 0 Å². The number of para-hydroxylation sites is 1. The molecule has 28 heavy (non-hydrogen) atoms. The zero-order valence-electron chi connectivity index (χ0n) is 16.1. The molecule has 1 aliphatic rings. The number of nitrogens with zero attached hydrogens (tertiary/aromatic N) is 1. The Morgan fingerprint density at radius 2 is 1.71 bits per heavy atom. The van der Waals surface area contributed by atoms with Crippen molar-refractivity contribution >= 4 is 17.5 Å². The van der Waals surface area contributed by atoms with Crippen LogP contribution in [0, 0.1) is 0 Å². The largest absolute Gasteiger partial charge is 0.490 e. The fraction of sp³-hybridized carbons (Fsp3) is 0.364. The molecule has 1 fully saturated rings. The van der Waals surface area contributed by atoms with Crippen LogP contribution in [0.5, 0.6) is 5.75 Å². The first-order chi connectivity index (χ1) is 13.7. The lowest BCUT2D eigenvalue weighted by Gasteiger charge is -2.15. The molecule has 0 aliphatic carbocycles. The summed E-state index contributed by atoms with van der Waals surface area (Å²) in [6, 6.07) is 14.1. The highest BCUT2D eigenvalue weighted by atomic mass is 16.5. The Bertz CT molecular complexity index is 798. The van der Waals surface area contributed by atoms with Gasteiger partial charge in [-0.15, -0.1) is 0 Å². The lowest BCUT2D eigenvalue weighted by molar-refractivity contribution is 0.0792. The van der Waals surface area contributed by atoms with Crippen molar-refractivity contribution in [2.75, 3.05) is 38.2 Å². The number of carbonyl (C=O) groups excluding carboxylic acids is 2. The van der Waals surface area contributed by atoms with E-state index in [0.29, 0.717) is 42.4 Å². The fourth-order valence-electron chi connectivity index (χ4n) is 3.13. The monoisotopic (exact) mass is 382 g/mol. The lowest BCUT2D eigenvalue weighted by Crippen LogP contribution is -2.27. The number of amides is 2. The van der Waals surface area contributed by atoms with Crippen molar-refractivity contribution in [3.05, 3.63) is 59.7 Å². The molecule has 6 nitrogen and oxygen atoms in total. The van der Waals surface area contributed by atoms with Crippen LogP contribution in [0.4, 0.5) is 5.69 Å². The van der Waals surface area contributed by atoms with E-state index >= 15 is 0 Å². The normalized spacial score (nSPS) is 13.4. The van der Waals surface area contributed by atoms with E-state index in [4.69, 9.17) is 9.47 Å². The number of carbonyl (C=O) groups is 2. The van der Waals surface area contributed by atoms with E-state index in [0.717, 1.165) is 25.9 Å². The highest BCUT2D eigenvalue weighted by Gasteiger charge is 2.19. The maximum atomic E-state index is 12.7. The molecule has 0 spiro atoms. The summed E-state index contributed by atoms with van der Waals surface area (Å²) in [4.78, 5) is 26.9. The first-order valence-electron chi connectivity index (χ1n) is 9.69. The highest BCUT2D eigenvalue weighted by Crippen LogP contribution is 2.21. The Labute approximate surface area is 165 Å². The Morgan fingerprint density at radius 1 is 1.00 bits per heavy atom. The van der Waals surface area contributed by atoms with Gasteiger partial charge >= 0.3 is 0 Å². The van der Waals surface area contributed by atoms with Crippen LogP contribution in [0.25, 0.3) is 0 Å². The SMILES string of the molecule is CCOCCOc1ccccc1C(=O)Nc1ccc(C(=O)N2CCCC2)cc1. The summed E-state index contributed by atoms with van der Waals surface area (Å²) in [6.07, 6.45) is 2.12. The molecule has 1 aliphatic heterocycles. The van der Waals surface area contributed by atoms with Crippen LogP contribution in [0.15, 0.2) is 48.5 Å². The second-order valence-electron chi connectivity index (χ2n) is 6.57. The van der Waals surface area contributed by atoms with Crippen molar-refractivity contribution in [2.45, 2.75) is 19.8 Å². The zero-order chi connectivity index (χ0) is 19.8. The summed E-state index contributed by atoms with van der Waals surface area (Å²) in [5.41, 5.74) is 1.72. The second kappa shape index (κ2) is 9.90. The van der Waals surface area contributed by atoms with Crippen LogP contribution in [0.2, 0.25) is 0 Å². The Morgan fingerprint density at radius 3 is 2.43 bits per heavy atom. The maximum Gasteiger partial charge on any atom is 0.259 e. The first kappa shape index (κ1) is 19.9. The van der Waals surface area contributed by atoms with Crippen molar-refractivity contribution in [3.63, 3.8) is 0 Å². The number of likely N-dealkylation sites (tertiary alicyclic amines) is 1. The minimum absolute atomic E-state index is 0.0448. The summed E-state index contributed by atoms with van der Waals surface area (Å²) >= 11 is 0. The fourth-order valence-corrected chi connectivity index (χ4v) is 3.13. The van der Waals surface area contributed by atoms with E-state index < -0.39 is 0 Å². The van der Waals surface area contributed by atoms with E-state index in [1.54, 1.807) is 42.5 Å². The van der Waals surface area contributed by atoms with Gasteiger partial charge in [-0.2, -0.15) is 0 Å². The standard InChI is InChI=1S/C22H26N2O4/c1-2-27-15-16-28-20-8-4-3-7-19(20)21(25)23-18-11-9-17(10-12-18)22(26)24-13-5-6-14-24/h3-4,7-12H,2,5-6,13-16H2,1H3,(H,23,25). The van der Waals surface area contributed by atoms with Gasteiger partial charge in [0.05, 0.1) is 12.2 Å². The molecule has 3 rings (SSSR count). The molecule has 2 aromatic rings. The van der Waals surface area contributed by atoms with Gasteiger partial charge in [-0.05, 0) is 56.2 Å². The average molecular weight is 382 g/mol. The van der Waals surface area contributed by atoms with Gasteiger partial charge in [-0.1, -0.05) is 12.1 Å². The van der Waals surface area contributed by atoms with Crippen molar-refractivity contribution in [1.82, 2.24) is 4.90 Å². The highest BCUT2D eigenvalue weighted by molar-refractivity contribution is 6.06.